The minimum atomic E-state index is 0.769. The first kappa shape index (κ1) is 11.7. The highest BCUT2D eigenvalue weighted by molar-refractivity contribution is 5.45. The molecule has 0 bridgehead atoms. The van der Waals surface area contributed by atoms with Gasteiger partial charge in [-0.3, -0.25) is 0 Å². The van der Waals surface area contributed by atoms with Gasteiger partial charge in [0.25, 0.3) is 0 Å². The second-order valence-corrected chi connectivity index (χ2v) is 4.09. The Hall–Kier alpha value is -1.74. The van der Waals surface area contributed by atoms with Crippen molar-refractivity contribution < 1.29 is 4.42 Å². The minimum Gasteiger partial charge on any atom is -0.468 e. The van der Waals surface area contributed by atoms with E-state index in [2.05, 4.69) is 41.5 Å². The van der Waals surface area contributed by atoms with Crippen LogP contribution in [-0.2, 0) is 13.1 Å². The van der Waals surface area contributed by atoms with Gasteiger partial charge in [-0.1, -0.05) is 18.2 Å². The Morgan fingerprint density at radius 1 is 1.18 bits per heavy atom. The average molecular weight is 230 g/mol. The van der Waals surface area contributed by atoms with E-state index in [-0.39, 0.29) is 0 Å². The largest absolute Gasteiger partial charge is 0.468 e. The number of nitrogens with one attached hydrogen (secondary N) is 1. The molecule has 17 heavy (non-hydrogen) atoms. The molecule has 3 heteroatoms. The van der Waals surface area contributed by atoms with Crippen LogP contribution in [0.4, 0.5) is 5.69 Å². The van der Waals surface area contributed by atoms with Crippen LogP contribution in [-0.4, -0.2) is 14.1 Å². The summed E-state index contributed by atoms with van der Waals surface area (Å²) in [5, 5.41) is 3.11. The predicted molar refractivity (Wildman–Crippen MR) is 70.0 cm³/mol. The fourth-order valence-corrected chi connectivity index (χ4v) is 1.85. The molecule has 0 aliphatic rings. The number of para-hydroxylation sites is 1. The Morgan fingerprint density at radius 2 is 1.94 bits per heavy atom. The molecule has 0 radical (unpaired) electrons. The van der Waals surface area contributed by atoms with Crippen molar-refractivity contribution >= 4 is 5.69 Å². The lowest BCUT2D eigenvalue weighted by Crippen LogP contribution is -2.17. The molecule has 2 rings (SSSR count). The van der Waals surface area contributed by atoms with E-state index in [0.717, 1.165) is 18.8 Å². The zero-order chi connectivity index (χ0) is 12.1. The first-order chi connectivity index (χ1) is 8.31. The van der Waals surface area contributed by atoms with Crippen LogP contribution in [0.1, 0.15) is 11.3 Å². The standard InChI is InChI=1S/C14H18N2O/c1-15-10-14-12(8-9-17-14)11-16(2)13-6-4-3-5-7-13/h3-9,15H,10-11H2,1-2H3. The molecule has 1 aromatic heterocycles. The van der Waals surface area contributed by atoms with E-state index in [0.29, 0.717) is 0 Å². The maximum Gasteiger partial charge on any atom is 0.122 e. The van der Waals surface area contributed by atoms with Gasteiger partial charge in [-0.2, -0.15) is 0 Å². The highest BCUT2D eigenvalue weighted by Gasteiger charge is 2.08. The molecule has 0 atom stereocenters. The van der Waals surface area contributed by atoms with Crippen LogP contribution in [0.25, 0.3) is 0 Å². The van der Waals surface area contributed by atoms with Crippen molar-refractivity contribution in [1.29, 1.82) is 0 Å². The summed E-state index contributed by atoms with van der Waals surface area (Å²) in [4.78, 5) is 2.21. The van der Waals surface area contributed by atoms with Crippen LogP contribution >= 0.6 is 0 Å². The molecule has 0 unspecified atom stereocenters. The molecular weight excluding hydrogens is 212 g/mol. The summed E-state index contributed by atoms with van der Waals surface area (Å²) >= 11 is 0. The monoisotopic (exact) mass is 230 g/mol. The summed E-state index contributed by atoms with van der Waals surface area (Å²) < 4.78 is 5.45. The second-order valence-electron chi connectivity index (χ2n) is 4.09. The van der Waals surface area contributed by atoms with Gasteiger partial charge in [-0.05, 0) is 25.2 Å². The molecule has 1 heterocycles. The number of anilines is 1. The third-order valence-corrected chi connectivity index (χ3v) is 2.78. The number of nitrogens with zero attached hydrogens (tertiary/aromatic N) is 1. The number of hydrogen-bond acceptors (Lipinski definition) is 3. The zero-order valence-corrected chi connectivity index (χ0v) is 10.3. The van der Waals surface area contributed by atoms with E-state index in [1.54, 1.807) is 6.26 Å². The Balaban J connectivity index is 2.08. The summed E-state index contributed by atoms with van der Waals surface area (Å²) in [5.41, 5.74) is 2.44. The molecule has 3 nitrogen and oxygen atoms in total. The lowest BCUT2D eigenvalue weighted by Gasteiger charge is -2.19. The molecule has 2 aromatic rings. The molecule has 0 saturated carbocycles. The van der Waals surface area contributed by atoms with Crippen LogP contribution < -0.4 is 10.2 Å². The van der Waals surface area contributed by atoms with Crippen molar-refractivity contribution in [3.8, 4) is 0 Å². The van der Waals surface area contributed by atoms with E-state index in [1.165, 1.54) is 11.3 Å². The number of rotatable bonds is 5. The number of benzene rings is 1. The van der Waals surface area contributed by atoms with E-state index in [4.69, 9.17) is 4.42 Å². The molecule has 0 spiro atoms. The Bertz CT molecular complexity index is 450. The normalized spacial score (nSPS) is 10.5. The van der Waals surface area contributed by atoms with E-state index in [9.17, 15) is 0 Å². The van der Waals surface area contributed by atoms with E-state index >= 15 is 0 Å². The van der Waals surface area contributed by atoms with Gasteiger partial charge in [-0.15, -0.1) is 0 Å². The van der Waals surface area contributed by atoms with Gasteiger partial charge in [0.05, 0.1) is 12.8 Å². The topological polar surface area (TPSA) is 28.4 Å². The minimum absolute atomic E-state index is 0.769. The van der Waals surface area contributed by atoms with Crippen molar-refractivity contribution in [3.63, 3.8) is 0 Å². The van der Waals surface area contributed by atoms with Crippen molar-refractivity contribution in [3.05, 3.63) is 54.0 Å². The SMILES string of the molecule is CNCc1occc1CN(C)c1ccccc1. The molecule has 1 N–H and O–H groups in total. The summed E-state index contributed by atoms with van der Waals surface area (Å²) in [7, 11) is 4.01. The number of furan rings is 1. The van der Waals surface area contributed by atoms with E-state index in [1.807, 2.05) is 19.2 Å². The molecule has 0 aliphatic carbocycles. The van der Waals surface area contributed by atoms with Crippen molar-refractivity contribution in [2.24, 2.45) is 0 Å². The highest BCUT2D eigenvalue weighted by atomic mass is 16.3. The lowest BCUT2D eigenvalue weighted by molar-refractivity contribution is 0.490. The summed E-state index contributed by atoms with van der Waals surface area (Å²) in [6.07, 6.45) is 1.75. The summed E-state index contributed by atoms with van der Waals surface area (Å²) in [5.74, 6) is 1.01. The quantitative estimate of drug-likeness (QED) is 0.856. The molecular formula is C14H18N2O. The lowest BCUT2D eigenvalue weighted by atomic mass is 10.2. The molecule has 1 aromatic carbocycles. The van der Waals surface area contributed by atoms with Crippen LogP contribution in [0, 0.1) is 0 Å². The van der Waals surface area contributed by atoms with Gasteiger partial charge in [0.15, 0.2) is 0 Å². The van der Waals surface area contributed by atoms with E-state index < -0.39 is 0 Å². The Morgan fingerprint density at radius 3 is 2.65 bits per heavy atom. The summed E-state index contributed by atoms with van der Waals surface area (Å²) in [6, 6.07) is 12.4. The molecule has 0 amide bonds. The van der Waals surface area contributed by atoms with Crippen molar-refractivity contribution in [2.75, 3.05) is 19.0 Å². The maximum atomic E-state index is 5.45. The molecule has 0 fully saturated rings. The smallest absolute Gasteiger partial charge is 0.122 e. The van der Waals surface area contributed by atoms with Crippen LogP contribution in [0.3, 0.4) is 0 Å². The molecule has 0 saturated heterocycles. The first-order valence-electron chi connectivity index (χ1n) is 5.77. The second kappa shape index (κ2) is 5.55. The average Bonchev–Trinajstić information content (AvgIpc) is 2.78. The van der Waals surface area contributed by atoms with Gasteiger partial charge in [-0.25, -0.2) is 0 Å². The van der Waals surface area contributed by atoms with Gasteiger partial charge in [0.2, 0.25) is 0 Å². The van der Waals surface area contributed by atoms with Gasteiger partial charge < -0.3 is 14.6 Å². The third kappa shape index (κ3) is 2.88. The van der Waals surface area contributed by atoms with Gasteiger partial charge in [0.1, 0.15) is 5.76 Å². The fourth-order valence-electron chi connectivity index (χ4n) is 1.85. The van der Waals surface area contributed by atoms with Gasteiger partial charge in [0, 0.05) is 24.8 Å². The molecule has 0 aliphatic heterocycles. The Labute approximate surface area is 102 Å². The highest BCUT2D eigenvalue weighted by Crippen LogP contribution is 2.17. The van der Waals surface area contributed by atoms with Crippen LogP contribution in [0.2, 0.25) is 0 Å². The maximum absolute atomic E-state index is 5.45. The van der Waals surface area contributed by atoms with Crippen LogP contribution in [0.5, 0.6) is 0 Å². The Kier molecular flexibility index (Phi) is 3.83. The fraction of sp³-hybridized carbons (Fsp3) is 0.286. The van der Waals surface area contributed by atoms with Crippen LogP contribution in [0.15, 0.2) is 47.1 Å². The van der Waals surface area contributed by atoms with Crippen molar-refractivity contribution in [2.45, 2.75) is 13.1 Å². The number of hydrogen-bond donors (Lipinski definition) is 1. The van der Waals surface area contributed by atoms with Gasteiger partial charge >= 0.3 is 0 Å². The zero-order valence-electron chi connectivity index (χ0n) is 10.3. The van der Waals surface area contributed by atoms with Crippen molar-refractivity contribution in [1.82, 2.24) is 5.32 Å². The summed E-state index contributed by atoms with van der Waals surface area (Å²) in [6.45, 7) is 1.63. The first-order valence-corrected chi connectivity index (χ1v) is 5.77. The molecule has 90 valence electrons. The predicted octanol–water partition coefficient (Wildman–Crippen LogP) is 2.64. The third-order valence-electron chi connectivity index (χ3n) is 2.78.